The van der Waals surface area contributed by atoms with E-state index in [-0.39, 0.29) is 18.0 Å². The molecular weight excluding hydrogens is 336 g/mol. The topological polar surface area (TPSA) is 86.7 Å². The lowest BCUT2D eigenvalue weighted by atomic mass is 10.1. The second kappa shape index (κ2) is 8.46. The van der Waals surface area contributed by atoms with Crippen LogP contribution in [0.5, 0.6) is 17.8 Å². The first-order valence-electron chi connectivity index (χ1n) is 8.62. The Morgan fingerprint density at radius 3 is 3.00 bits per heavy atom. The van der Waals surface area contributed by atoms with Crippen molar-refractivity contribution < 1.29 is 19.0 Å². The van der Waals surface area contributed by atoms with Gasteiger partial charge in [0.2, 0.25) is 11.8 Å². The summed E-state index contributed by atoms with van der Waals surface area (Å²) in [6.45, 7) is 3.47. The van der Waals surface area contributed by atoms with Gasteiger partial charge >= 0.3 is 6.01 Å². The molecule has 0 aromatic carbocycles. The lowest BCUT2D eigenvalue weighted by molar-refractivity contribution is 0.0521. The van der Waals surface area contributed by atoms with E-state index in [0.29, 0.717) is 37.0 Å². The molecular formula is C18H22N4O4. The molecule has 2 aromatic rings. The highest BCUT2D eigenvalue weighted by Gasteiger charge is 2.28. The molecule has 1 unspecified atom stereocenters. The molecule has 1 aliphatic rings. The zero-order chi connectivity index (χ0) is 18.4. The van der Waals surface area contributed by atoms with Crippen molar-refractivity contribution in [3.05, 3.63) is 36.2 Å². The number of rotatable bonds is 6. The number of aromatic nitrogens is 3. The highest BCUT2D eigenvalue weighted by atomic mass is 16.5. The van der Waals surface area contributed by atoms with Crippen molar-refractivity contribution in [1.29, 1.82) is 0 Å². The zero-order valence-electron chi connectivity index (χ0n) is 14.9. The number of amides is 1. The van der Waals surface area contributed by atoms with Crippen LogP contribution < -0.4 is 14.2 Å². The Bertz CT molecular complexity index is 755. The molecule has 0 saturated carbocycles. The summed E-state index contributed by atoms with van der Waals surface area (Å²) in [6, 6.07) is 5.40. The van der Waals surface area contributed by atoms with E-state index in [1.54, 1.807) is 35.5 Å². The Balaban J connectivity index is 1.69. The van der Waals surface area contributed by atoms with E-state index in [0.717, 1.165) is 12.8 Å². The van der Waals surface area contributed by atoms with Crippen LogP contribution in [-0.4, -0.2) is 58.7 Å². The van der Waals surface area contributed by atoms with Crippen LogP contribution in [0.1, 0.15) is 30.1 Å². The largest absolute Gasteiger partial charge is 0.477 e. The molecule has 26 heavy (non-hydrogen) atoms. The molecule has 8 nitrogen and oxygen atoms in total. The van der Waals surface area contributed by atoms with E-state index >= 15 is 0 Å². The van der Waals surface area contributed by atoms with Gasteiger partial charge in [0.25, 0.3) is 5.91 Å². The van der Waals surface area contributed by atoms with Gasteiger partial charge in [-0.15, -0.1) is 0 Å². The molecule has 3 rings (SSSR count). The molecule has 3 heterocycles. The minimum atomic E-state index is -0.139. The third kappa shape index (κ3) is 4.19. The smallest absolute Gasteiger partial charge is 0.319 e. The maximum atomic E-state index is 12.9. The predicted octanol–water partition coefficient (Wildman–Crippen LogP) is 1.96. The highest BCUT2D eigenvalue weighted by molar-refractivity contribution is 5.96. The fourth-order valence-electron chi connectivity index (χ4n) is 2.85. The van der Waals surface area contributed by atoms with E-state index in [1.165, 1.54) is 7.11 Å². The van der Waals surface area contributed by atoms with E-state index in [2.05, 4.69) is 15.0 Å². The first-order valence-corrected chi connectivity index (χ1v) is 8.62. The van der Waals surface area contributed by atoms with E-state index in [1.807, 2.05) is 6.92 Å². The summed E-state index contributed by atoms with van der Waals surface area (Å²) in [5.41, 5.74) is 0.471. The van der Waals surface area contributed by atoms with E-state index < -0.39 is 0 Å². The first kappa shape index (κ1) is 17.9. The van der Waals surface area contributed by atoms with Gasteiger partial charge in [0, 0.05) is 25.0 Å². The second-order valence-electron chi connectivity index (χ2n) is 5.80. The number of carbonyl (C=O) groups is 1. The lowest BCUT2D eigenvalue weighted by Gasteiger charge is -2.32. The third-order valence-electron chi connectivity index (χ3n) is 4.03. The van der Waals surface area contributed by atoms with Crippen molar-refractivity contribution in [2.24, 2.45) is 0 Å². The van der Waals surface area contributed by atoms with Gasteiger partial charge in [0.05, 0.1) is 20.3 Å². The van der Waals surface area contributed by atoms with Crippen LogP contribution in [0.3, 0.4) is 0 Å². The fourth-order valence-corrected chi connectivity index (χ4v) is 2.85. The quantitative estimate of drug-likeness (QED) is 0.780. The molecule has 1 atom stereocenters. The summed E-state index contributed by atoms with van der Waals surface area (Å²) < 4.78 is 16.4. The first-order chi connectivity index (χ1) is 12.7. The van der Waals surface area contributed by atoms with Crippen molar-refractivity contribution in [3.8, 4) is 17.8 Å². The third-order valence-corrected chi connectivity index (χ3v) is 4.03. The molecule has 2 aromatic heterocycles. The van der Waals surface area contributed by atoms with Gasteiger partial charge < -0.3 is 19.1 Å². The van der Waals surface area contributed by atoms with Crippen LogP contribution in [0.4, 0.5) is 0 Å². The number of methoxy groups -OCH3 is 1. The van der Waals surface area contributed by atoms with Crippen molar-refractivity contribution in [2.75, 3.05) is 26.8 Å². The van der Waals surface area contributed by atoms with Gasteiger partial charge in [0.15, 0.2) is 0 Å². The van der Waals surface area contributed by atoms with Crippen LogP contribution in [-0.2, 0) is 0 Å². The SMILES string of the molecule is CCOc1ncccc1C(=O)N1CCCC(Oc2ccnc(OC)n2)C1. The normalized spacial score (nSPS) is 16.8. The number of hydrogen-bond donors (Lipinski definition) is 0. The van der Waals surface area contributed by atoms with Gasteiger partial charge in [-0.1, -0.05) is 0 Å². The number of likely N-dealkylation sites (tertiary alicyclic amines) is 1. The molecule has 1 aliphatic heterocycles. The standard InChI is InChI=1S/C18H22N4O4/c1-3-25-16-14(7-4-9-19-16)17(23)22-11-5-6-13(12-22)26-15-8-10-20-18(21-15)24-2/h4,7-10,13H,3,5-6,11-12H2,1-2H3. The molecule has 0 radical (unpaired) electrons. The average molecular weight is 358 g/mol. The number of piperidine rings is 1. The highest BCUT2D eigenvalue weighted by Crippen LogP contribution is 2.22. The molecule has 1 saturated heterocycles. The molecule has 8 heteroatoms. The number of nitrogens with zero attached hydrogens (tertiary/aromatic N) is 4. The summed E-state index contributed by atoms with van der Waals surface area (Å²) >= 11 is 0. The Labute approximate surface area is 152 Å². The van der Waals surface area contributed by atoms with Gasteiger partial charge in [-0.3, -0.25) is 4.79 Å². The average Bonchev–Trinajstić information content (AvgIpc) is 2.68. The second-order valence-corrected chi connectivity index (χ2v) is 5.80. The zero-order valence-corrected chi connectivity index (χ0v) is 14.9. The molecule has 1 fully saturated rings. The minimum Gasteiger partial charge on any atom is -0.477 e. The monoisotopic (exact) mass is 358 g/mol. The summed E-state index contributed by atoms with van der Waals surface area (Å²) in [7, 11) is 1.50. The Morgan fingerprint density at radius 1 is 1.31 bits per heavy atom. The maximum Gasteiger partial charge on any atom is 0.319 e. The van der Waals surface area contributed by atoms with Gasteiger partial charge in [-0.25, -0.2) is 9.97 Å². The van der Waals surface area contributed by atoms with Crippen LogP contribution >= 0.6 is 0 Å². The number of pyridine rings is 1. The molecule has 0 aliphatic carbocycles. The Morgan fingerprint density at radius 2 is 2.19 bits per heavy atom. The summed E-state index contributed by atoms with van der Waals surface area (Å²) in [5.74, 6) is 0.700. The molecule has 138 valence electrons. The van der Waals surface area contributed by atoms with Crippen LogP contribution in [0, 0.1) is 0 Å². The molecule has 0 bridgehead atoms. The van der Waals surface area contributed by atoms with Gasteiger partial charge in [-0.05, 0) is 31.9 Å². The summed E-state index contributed by atoms with van der Waals surface area (Å²) in [4.78, 5) is 27.0. The van der Waals surface area contributed by atoms with Crippen molar-refractivity contribution in [2.45, 2.75) is 25.9 Å². The lowest BCUT2D eigenvalue weighted by Crippen LogP contribution is -2.44. The van der Waals surface area contributed by atoms with Crippen molar-refractivity contribution in [3.63, 3.8) is 0 Å². The van der Waals surface area contributed by atoms with Crippen LogP contribution in [0.2, 0.25) is 0 Å². The van der Waals surface area contributed by atoms with Crippen molar-refractivity contribution >= 4 is 5.91 Å². The number of ether oxygens (including phenoxy) is 3. The number of carbonyl (C=O) groups excluding carboxylic acids is 1. The van der Waals surface area contributed by atoms with Crippen LogP contribution in [0.25, 0.3) is 0 Å². The van der Waals surface area contributed by atoms with E-state index in [9.17, 15) is 4.79 Å². The molecule has 1 amide bonds. The summed E-state index contributed by atoms with van der Waals surface area (Å²) in [6.07, 6.45) is 4.76. The number of hydrogen-bond acceptors (Lipinski definition) is 7. The van der Waals surface area contributed by atoms with Crippen LogP contribution in [0.15, 0.2) is 30.6 Å². The van der Waals surface area contributed by atoms with Gasteiger partial charge in [0.1, 0.15) is 11.7 Å². The molecule has 0 spiro atoms. The van der Waals surface area contributed by atoms with E-state index in [4.69, 9.17) is 14.2 Å². The fraction of sp³-hybridized carbons (Fsp3) is 0.444. The van der Waals surface area contributed by atoms with Crippen molar-refractivity contribution in [1.82, 2.24) is 19.9 Å². The van der Waals surface area contributed by atoms with Gasteiger partial charge in [-0.2, -0.15) is 4.98 Å². The summed E-state index contributed by atoms with van der Waals surface area (Å²) in [5, 5.41) is 0. The minimum absolute atomic E-state index is 0.102. The Hall–Kier alpha value is -2.90. The predicted molar refractivity (Wildman–Crippen MR) is 93.5 cm³/mol. The maximum absolute atomic E-state index is 12.9. The Kier molecular flexibility index (Phi) is 5.83. The molecule has 0 N–H and O–H groups in total.